The molecule has 1 aromatic carbocycles. The predicted octanol–water partition coefficient (Wildman–Crippen LogP) is 3.01. The number of ether oxygens (including phenoxy) is 2. The Balaban J connectivity index is 1.49. The third-order valence-electron chi connectivity index (χ3n) is 4.58. The fraction of sp³-hybridized carbons (Fsp3) is 0.444. The van der Waals surface area contributed by atoms with Gasteiger partial charge >= 0.3 is 0 Å². The Hall–Kier alpha value is -2.25. The number of nitrogens with one attached hydrogen (secondary N) is 1. The molecule has 132 valence electrons. The minimum Gasteiger partial charge on any atom is -0.347 e. The van der Waals surface area contributed by atoms with Gasteiger partial charge in [0.2, 0.25) is 5.95 Å². The summed E-state index contributed by atoms with van der Waals surface area (Å²) >= 11 is 0. The van der Waals surface area contributed by atoms with E-state index in [4.69, 9.17) is 9.47 Å². The van der Waals surface area contributed by atoms with Gasteiger partial charge in [-0.05, 0) is 31.2 Å². The number of nitrogens with zero attached hydrogens (tertiary/aromatic N) is 3. The van der Waals surface area contributed by atoms with Gasteiger partial charge < -0.3 is 19.7 Å². The SMILES string of the molecule is Cc1cc(Nc2ccc(F)cc2)nc(N2CCC3(CC2)OCCO3)n1. The highest BCUT2D eigenvalue weighted by Gasteiger charge is 2.40. The van der Waals surface area contributed by atoms with E-state index in [1.54, 1.807) is 12.1 Å². The highest BCUT2D eigenvalue weighted by molar-refractivity contribution is 5.57. The molecule has 1 aromatic heterocycles. The smallest absolute Gasteiger partial charge is 0.227 e. The molecule has 4 rings (SSSR count). The second-order valence-corrected chi connectivity index (χ2v) is 6.42. The van der Waals surface area contributed by atoms with E-state index in [1.165, 1.54) is 12.1 Å². The van der Waals surface area contributed by atoms with Crippen molar-refractivity contribution in [3.8, 4) is 0 Å². The van der Waals surface area contributed by atoms with Crippen molar-refractivity contribution in [2.75, 3.05) is 36.5 Å². The minimum atomic E-state index is -0.407. The summed E-state index contributed by atoms with van der Waals surface area (Å²) in [5.74, 6) is 0.721. The molecular formula is C18H21FN4O2. The molecule has 2 aliphatic heterocycles. The van der Waals surface area contributed by atoms with E-state index in [9.17, 15) is 4.39 Å². The van der Waals surface area contributed by atoms with Crippen LogP contribution in [0.4, 0.5) is 21.8 Å². The molecule has 25 heavy (non-hydrogen) atoms. The molecule has 1 N–H and O–H groups in total. The number of aromatic nitrogens is 2. The van der Waals surface area contributed by atoms with Crippen molar-refractivity contribution >= 4 is 17.5 Å². The lowest BCUT2D eigenvalue weighted by atomic mass is 10.0. The number of hydrogen-bond donors (Lipinski definition) is 1. The molecular weight excluding hydrogens is 323 g/mol. The van der Waals surface area contributed by atoms with Gasteiger partial charge in [0.1, 0.15) is 11.6 Å². The Kier molecular flexibility index (Phi) is 4.27. The van der Waals surface area contributed by atoms with E-state index in [1.807, 2.05) is 13.0 Å². The van der Waals surface area contributed by atoms with E-state index < -0.39 is 5.79 Å². The molecule has 2 aliphatic rings. The number of anilines is 3. The number of rotatable bonds is 3. The topological polar surface area (TPSA) is 59.5 Å². The molecule has 1 spiro atoms. The first-order valence-electron chi connectivity index (χ1n) is 8.53. The lowest BCUT2D eigenvalue weighted by molar-refractivity contribution is -0.169. The van der Waals surface area contributed by atoms with Gasteiger partial charge in [-0.3, -0.25) is 0 Å². The summed E-state index contributed by atoms with van der Waals surface area (Å²) in [6.07, 6.45) is 1.62. The summed E-state index contributed by atoms with van der Waals surface area (Å²) in [7, 11) is 0. The molecule has 0 bridgehead atoms. The second kappa shape index (κ2) is 6.57. The van der Waals surface area contributed by atoms with E-state index in [-0.39, 0.29) is 5.82 Å². The maximum absolute atomic E-state index is 13.0. The van der Waals surface area contributed by atoms with Crippen LogP contribution in [0.1, 0.15) is 18.5 Å². The first kappa shape index (κ1) is 16.2. The number of hydrogen-bond acceptors (Lipinski definition) is 6. The summed E-state index contributed by atoms with van der Waals surface area (Å²) < 4.78 is 24.6. The number of piperidine rings is 1. The molecule has 0 saturated carbocycles. The Morgan fingerprint density at radius 1 is 1.08 bits per heavy atom. The monoisotopic (exact) mass is 344 g/mol. The summed E-state index contributed by atoms with van der Waals surface area (Å²) in [5, 5.41) is 3.21. The molecule has 2 saturated heterocycles. The van der Waals surface area contributed by atoms with Crippen LogP contribution >= 0.6 is 0 Å². The third-order valence-corrected chi connectivity index (χ3v) is 4.58. The Labute approximate surface area is 146 Å². The largest absolute Gasteiger partial charge is 0.347 e. The van der Waals surface area contributed by atoms with E-state index in [0.717, 1.165) is 37.3 Å². The maximum Gasteiger partial charge on any atom is 0.227 e. The van der Waals surface area contributed by atoms with Gasteiger partial charge in [0.25, 0.3) is 0 Å². The lowest BCUT2D eigenvalue weighted by Crippen LogP contribution is -2.45. The molecule has 7 heteroatoms. The van der Waals surface area contributed by atoms with Crippen LogP contribution in [0.3, 0.4) is 0 Å². The van der Waals surface area contributed by atoms with Crippen LogP contribution in [0.5, 0.6) is 0 Å². The fourth-order valence-corrected chi connectivity index (χ4v) is 3.27. The molecule has 2 aromatic rings. The van der Waals surface area contributed by atoms with Gasteiger partial charge in [0.15, 0.2) is 5.79 Å². The first-order chi connectivity index (χ1) is 12.1. The number of aryl methyl sites for hydroxylation is 1. The Morgan fingerprint density at radius 2 is 1.76 bits per heavy atom. The van der Waals surface area contributed by atoms with Gasteiger partial charge in [0, 0.05) is 43.4 Å². The van der Waals surface area contributed by atoms with E-state index >= 15 is 0 Å². The normalized spacial score (nSPS) is 19.4. The maximum atomic E-state index is 13.0. The highest BCUT2D eigenvalue weighted by atomic mass is 19.1. The van der Waals surface area contributed by atoms with Crippen molar-refractivity contribution in [1.29, 1.82) is 0 Å². The summed E-state index contributed by atoms with van der Waals surface area (Å²) in [5.41, 5.74) is 1.67. The van der Waals surface area contributed by atoms with Crippen molar-refractivity contribution in [1.82, 2.24) is 9.97 Å². The van der Waals surface area contributed by atoms with E-state index in [2.05, 4.69) is 20.2 Å². The van der Waals surface area contributed by atoms with Gasteiger partial charge in [-0.1, -0.05) is 0 Å². The zero-order valence-corrected chi connectivity index (χ0v) is 14.2. The van der Waals surface area contributed by atoms with Crippen LogP contribution in [0.15, 0.2) is 30.3 Å². The standard InChI is InChI=1S/C18H21FN4O2/c1-13-12-16(21-15-4-2-14(19)3-5-15)22-17(20-13)23-8-6-18(7-9-23)24-10-11-25-18/h2-5,12H,6-11H2,1H3,(H,20,21,22). The van der Waals surface area contributed by atoms with Crippen LogP contribution < -0.4 is 10.2 Å². The van der Waals surface area contributed by atoms with Crippen molar-refractivity contribution < 1.29 is 13.9 Å². The van der Waals surface area contributed by atoms with Crippen LogP contribution in [0.25, 0.3) is 0 Å². The highest BCUT2D eigenvalue weighted by Crippen LogP contribution is 2.32. The molecule has 3 heterocycles. The predicted molar refractivity (Wildman–Crippen MR) is 92.5 cm³/mol. The van der Waals surface area contributed by atoms with Gasteiger partial charge in [0.05, 0.1) is 13.2 Å². The van der Waals surface area contributed by atoms with Crippen LogP contribution in [0.2, 0.25) is 0 Å². The first-order valence-corrected chi connectivity index (χ1v) is 8.53. The number of halogens is 1. The molecule has 2 fully saturated rings. The van der Waals surface area contributed by atoms with Gasteiger partial charge in [-0.2, -0.15) is 4.98 Å². The molecule has 6 nitrogen and oxygen atoms in total. The number of benzene rings is 1. The van der Waals surface area contributed by atoms with Crippen LogP contribution in [-0.2, 0) is 9.47 Å². The van der Waals surface area contributed by atoms with Crippen molar-refractivity contribution in [3.05, 3.63) is 41.8 Å². The van der Waals surface area contributed by atoms with Crippen molar-refractivity contribution in [2.24, 2.45) is 0 Å². The van der Waals surface area contributed by atoms with E-state index in [0.29, 0.717) is 25.0 Å². The lowest BCUT2D eigenvalue weighted by Gasteiger charge is -2.37. The zero-order valence-electron chi connectivity index (χ0n) is 14.2. The molecule has 0 radical (unpaired) electrons. The molecule has 0 unspecified atom stereocenters. The summed E-state index contributed by atoms with van der Waals surface area (Å²) in [6, 6.07) is 8.09. The summed E-state index contributed by atoms with van der Waals surface area (Å²) in [4.78, 5) is 11.3. The minimum absolute atomic E-state index is 0.260. The average molecular weight is 344 g/mol. The summed E-state index contributed by atoms with van der Waals surface area (Å²) in [6.45, 7) is 4.87. The molecule has 0 aliphatic carbocycles. The average Bonchev–Trinajstić information content (AvgIpc) is 3.05. The zero-order chi connectivity index (χ0) is 17.3. The Bertz CT molecular complexity index is 737. The third kappa shape index (κ3) is 3.57. The second-order valence-electron chi connectivity index (χ2n) is 6.42. The van der Waals surface area contributed by atoms with Gasteiger partial charge in [-0.25, -0.2) is 9.37 Å². The molecule has 0 amide bonds. The van der Waals surface area contributed by atoms with Crippen molar-refractivity contribution in [3.63, 3.8) is 0 Å². The van der Waals surface area contributed by atoms with Gasteiger partial charge in [-0.15, -0.1) is 0 Å². The van der Waals surface area contributed by atoms with Crippen molar-refractivity contribution in [2.45, 2.75) is 25.6 Å². The van der Waals surface area contributed by atoms with Crippen LogP contribution in [-0.4, -0.2) is 42.1 Å². The fourth-order valence-electron chi connectivity index (χ4n) is 3.27. The molecule has 0 atom stereocenters. The van der Waals surface area contributed by atoms with Crippen LogP contribution in [0, 0.1) is 12.7 Å². The quantitative estimate of drug-likeness (QED) is 0.924. The Morgan fingerprint density at radius 3 is 2.44 bits per heavy atom.